The highest BCUT2D eigenvalue weighted by Crippen LogP contribution is 2.41. The molecule has 1 N–H and O–H groups in total. The zero-order valence-corrected chi connectivity index (χ0v) is 17.8. The molecule has 3 nitrogen and oxygen atoms in total. The number of carbonyl (C=O) groups is 1. The lowest BCUT2D eigenvalue weighted by Crippen LogP contribution is -2.41. The Kier molecular flexibility index (Phi) is 6.79. The summed E-state index contributed by atoms with van der Waals surface area (Å²) in [6.45, 7) is 6.18. The summed E-state index contributed by atoms with van der Waals surface area (Å²) in [7, 11) is 0. The van der Waals surface area contributed by atoms with Gasteiger partial charge in [-0.1, -0.05) is 80.4 Å². The van der Waals surface area contributed by atoms with Gasteiger partial charge in [-0.05, 0) is 43.7 Å². The molecule has 154 valence electrons. The maximum Gasteiger partial charge on any atom is 0.338 e. The van der Waals surface area contributed by atoms with Crippen molar-refractivity contribution < 1.29 is 14.6 Å². The Morgan fingerprint density at radius 2 is 1.83 bits per heavy atom. The Morgan fingerprint density at radius 3 is 2.45 bits per heavy atom. The van der Waals surface area contributed by atoms with Gasteiger partial charge in [0, 0.05) is 12.3 Å². The van der Waals surface area contributed by atoms with Crippen molar-refractivity contribution in [3.05, 3.63) is 82.6 Å². The Bertz CT molecular complexity index is 869. The maximum atomic E-state index is 13.1. The van der Waals surface area contributed by atoms with Crippen molar-refractivity contribution in [3.63, 3.8) is 0 Å². The maximum absolute atomic E-state index is 13.1. The number of cyclic esters (lactones) is 1. The Hall–Kier alpha value is -2.55. The van der Waals surface area contributed by atoms with Gasteiger partial charge in [-0.25, -0.2) is 4.79 Å². The molecule has 29 heavy (non-hydrogen) atoms. The van der Waals surface area contributed by atoms with Crippen LogP contribution in [0.15, 0.2) is 65.9 Å². The van der Waals surface area contributed by atoms with Gasteiger partial charge in [0.1, 0.15) is 11.4 Å². The van der Waals surface area contributed by atoms with E-state index in [-0.39, 0.29) is 17.6 Å². The quantitative estimate of drug-likeness (QED) is 0.527. The van der Waals surface area contributed by atoms with E-state index in [2.05, 4.69) is 25.1 Å². The highest BCUT2D eigenvalue weighted by molar-refractivity contribution is 5.92. The molecule has 0 fully saturated rings. The standard InChI is InChI=1S/C26H32O3/c1-4-15-26(16-14-20-11-7-6-8-12-20)18-23(27)24(25(28)29-26)22(5-2)21-13-9-10-19(3)17-21/h6-13,17,22,27H,4-5,14-16,18H2,1-3H3/t22-,26-/m1/s1. The van der Waals surface area contributed by atoms with Gasteiger partial charge in [-0.15, -0.1) is 0 Å². The molecular weight excluding hydrogens is 360 g/mol. The first kappa shape index (κ1) is 21.2. The predicted octanol–water partition coefficient (Wildman–Crippen LogP) is 6.42. The number of ether oxygens (including phenoxy) is 1. The molecule has 0 saturated carbocycles. The number of benzene rings is 2. The molecule has 0 saturated heterocycles. The summed E-state index contributed by atoms with van der Waals surface area (Å²) in [6.07, 6.45) is 4.34. The summed E-state index contributed by atoms with van der Waals surface area (Å²) in [5, 5.41) is 11.0. The monoisotopic (exact) mass is 392 g/mol. The van der Waals surface area contributed by atoms with E-state index in [1.165, 1.54) is 5.56 Å². The second kappa shape index (κ2) is 9.30. The molecule has 0 amide bonds. The second-order valence-electron chi connectivity index (χ2n) is 8.22. The number of hydrogen-bond donors (Lipinski definition) is 1. The summed E-state index contributed by atoms with van der Waals surface area (Å²) in [6, 6.07) is 18.4. The molecule has 1 aliphatic rings. The van der Waals surface area contributed by atoms with Gasteiger partial charge in [0.2, 0.25) is 0 Å². The number of rotatable bonds is 8. The lowest BCUT2D eigenvalue weighted by Gasteiger charge is -2.38. The Balaban J connectivity index is 1.87. The van der Waals surface area contributed by atoms with Crippen LogP contribution < -0.4 is 0 Å². The normalized spacial score (nSPS) is 20.4. The molecule has 2 aromatic carbocycles. The van der Waals surface area contributed by atoms with Crippen molar-refractivity contribution in [1.29, 1.82) is 0 Å². The minimum Gasteiger partial charge on any atom is -0.512 e. The first-order valence-corrected chi connectivity index (χ1v) is 10.7. The molecule has 2 aromatic rings. The second-order valence-corrected chi connectivity index (χ2v) is 8.22. The van der Waals surface area contributed by atoms with E-state index < -0.39 is 5.60 Å². The van der Waals surface area contributed by atoms with E-state index >= 15 is 0 Å². The minimum absolute atomic E-state index is 0.142. The van der Waals surface area contributed by atoms with Crippen molar-refractivity contribution >= 4 is 5.97 Å². The molecule has 0 aliphatic carbocycles. The van der Waals surface area contributed by atoms with Gasteiger partial charge in [0.05, 0.1) is 5.57 Å². The van der Waals surface area contributed by atoms with Crippen molar-refractivity contribution in [2.24, 2.45) is 0 Å². The van der Waals surface area contributed by atoms with Gasteiger partial charge in [0.25, 0.3) is 0 Å². The average molecular weight is 393 g/mol. The number of aryl methyl sites for hydroxylation is 2. The topological polar surface area (TPSA) is 46.5 Å². The summed E-state index contributed by atoms with van der Waals surface area (Å²) in [5.41, 5.74) is 3.23. The van der Waals surface area contributed by atoms with E-state index in [1.807, 2.05) is 50.2 Å². The summed E-state index contributed by atoms with van der Waals surface area (Å²) >= 11 is 0. The zero-order chi connectivity index (χ0) is 20.9. The van der Waals surface area contributed by atoms with Crippen LogP contribution in [0.3, 0.4) is 0 Å². The highest BCUT2D eigenvalue weighted by Gasteiger charge is 2.43. The highest BCUT2D eigenvalue weighted by atomic mass is 16.6. The fourth-order valence-corrected chi connectivity index (χ4v) is 4.52. The molecule has 0 aromatic heterocycles. The van der Waals surface area contributed by atoms with Crippen LogP contribution in [0.1, 0.15) is 68.6 Å². The lowest BCUT2D eigenvalue weighted by atomic mass is 9.80. The third-order valence-corrected chi connectivity index (χ3v) is 5.95. The Labute approximate surface area is 174 Å². The van der Waals surface area contributed by atoms with Crippen molar-refractivity contribution in [1.82, 2.24) is 0 Å². The lowest BCUT2D eigenvalue weighted by molar-refractivity contribution is -0.161. The van der Waals surface area contributed by atoms with Gasteiger partial charge in [0.15, 0.2) is 0 Å². The first-order chi connectivity index (χ1) is 14.0. The van der Waals surface area contributed by atoms with E-state index in [0.29, 0.717) is 12.0 Å². The summed E-state index contributed by atoms with van der Waals surface area (Å²) in [5.74, 6) is -0.295. The molecule has 0 bridgehead atoms. The number of esters is 1. The fourth-order valence-electron chi connectivity index (χ4n) is 4.52. The third kappa shape index (κ3) is 4.90. The number of aliphatic hydroxyl groups excluding tert-OH is 1. The molecule has 2 atom stereocenters. The molecule has 3 rings (SSSR count). The molecular formula is C26H32O3. The minimum atomic E-state index is -0.625. The molecule has 0 spiro atoms. The number of aliphatic hydroxyl groups is 1. The number of hydrogen-bond acceptors (Lipinski definition) is 3. The van der Waals surface area contributed by atoms with Crippen LogP contribution in [0, 0.1) is 6.92 Å². The zero-order valence-electron chi connectivity index (χ0n) is 17.8. The fraction of sp³-hybridized carbons (Fsp3) is 0.423. The molecule has 0 unspecified atom stereocenters. The predicted molar refractivity (Wildman–Crippen MR) is 117 cm³/mol. The summed E-state index contributed by atoms with van der Waals surface area (Å²) < 4.78 is 6.10. The van der Waals surface area contributed by atoms with Crippen LogP contribution in [0.25, 0.3) is 0 Å². The smallest absolute Gasteiger partial charge is 0.338 e. The van der Waals surface area contributed by atoms with Crippen LogP contribution in [-0.4, -0.2) is 16.7 Å². The third-order valence-electron chi connectivity index (χ3n) is 5.95. The Morgan fingerprint density at radius 1 is 1.07 bits per heavy atom. The van der Waals surface area contributed by atoms with E-state index in [0.717, 1.165) is 43.2 Å². The van der Waals surface area contributed by atoms with Crippen LogP contribution >= 0.6 is 0 Å². The van der Waals surface area contributed by atoms with Gasteiger partial charge in [-0.3, -0.25) is 0 Å². The largest absolute Gasteiger partial charge is 0.512 e. The molecule has 0 radical (unpaired) electrons. The van der Waals surface area contributed by atoms with Gasteiger partial charge in [-0.2, -0.15) is 0 Å². The van der Waals surface area contributed by atoms with Crippen LogP contribution in [0.2, 0.25) is 0 Å². The van der Waals surface area contributed by atoms with E-state index in [4.69, 9.17) is 4.74 Å². The van der Waals surface area contributed by atoms with Crippen LogP contribution in [-0.2, 0) is 16.0 Å². The van der Waals surface area contributed by atoms with Crippen molar-refractivity contribution in [3.8, 4) is 0 Å². The van der Waals surface area contributed by atoms with E-state index in [9.17, 15) is 9.90 Å². The SMILES string of the molecule is CCC[C@@]1(CCc2ccccc2)CC(O)=C([C@H](CC)c2cccc(C)c2)C(=O)O1. The first-order valence-electron chi connectivity index (χ1n) is 10.7. The van der Waals surface area contributed by atoms with Crippen LogP contribution in [0.5, 0.6) is 0 Å². The van der Waals surface area contributed by atoms with E-state index in [1.54, 1.807) is 0 Å². The molecule has 1 heterocycles. The molecule has 3 heteroatoms. The van der Waals surface area contributed by atoms with Gasteiger partial charge < -0.3 is 9.84 Å². The number of carbonyl (C=O) groups excluding carboxylic acids is 1. The van der Waals surface area contributed by atoms with Crippen LogP contribution in [0.4, 0.5) is 0 Å². The summed E-state index contributed by atoms with van der Waals surface area (Å²) in [4.78, 5) is 13.1. The average Bonchev–Trinajstić information content (AvgIpc) is 2.70. The van der Waals surface area contributed by atoms with Crippen molar-refractivity contribution in [2.75, 3.05) is 0 Å². The van der Waals surface area contributed by atoms with Gasteiger partial charge >= 0.3 is 5.97 Å². The molecule has 1 aliphatic heterocycles. The van der Waals surface area contributed by atoms with Crippen molar-refractivity contribution in [2.45, 2.75) is 70.8 Å².